The monoisotopic (exact) mass is 210 g/mol. The maximum Gasteiger partial charge on any atom is 0.0639 e. The summed E-state index contributed by atoms with van der Waals surface area (Å²) in [6, 6.07) is 0. The van der Waals surface area contributed by atoms with E-state index in [9.17, 15) is 0 Å². The van der Waals surface area contributed by atoms with Crippen molar-refractivity contribution in [3.05, 3.63) is 11.6 Å². The Morgan fingerprint density at radius 1 is 1.20 bits per heavy atom. The summed E-state index contributed by atoms with van der Waals surface area (Å²) in [7, 11) is 0. The van der Waals surface area contributed by atoms with Crippen LogP contribution in [-0.2, 0) is 0 Å². The van der Waals surface area contributed by atoms with Crippen LogP contribution in [0.25, 0.3) is 0 Å². The van der Waals surface area contributed by atoms with Crippen LogP contribution in [0, 0.1) is 17.3 Å². The van der Waals surface area contributed by atoms with Crippen molar-refractivity contribution < 1.29 is 5.11 Å². The lowest BCUT2D eigenvalue weighted by Gasteiger charge is -2.36. The van der Waals surface area contributed by atoms with Gasteiger partial charge in [0.25, 0.3) is 0 Å². The molecule has 0 aromatic heterocycles. The van der Waals surface area contributed by atoms with E-state index in [0.717, 1.165) is 17.4 Å². The minimum absolute atomic E-state index is 0.221. The average Bonchev–Trinajstić information content (AvgIpc) is 2.17. The molecule has 0 amide bonds. The fourth-order valence-electron chi connectivity index (χ4n) is 2.61. The Morgan fingerprint density at radius 3 is 2.13 bits per heavy atom. The second-order valence-corrected chi connectivity index (χ2v) is 6.15. The first kappa shape index (κ1) is 12.8. The molecule has 1 rings (SSSR count). The molecule has 1 saturated carbocycles. The van der Waals surface area contributed by atoms with Gasteiger partial charge in [0.15, 0.2) is 0 Å². The molecule has 1 heteroatoms. The molecular weight excluding hydrogens is 184 g/mol. The highest BCUT2D eigenvalue weighted by Gasteiger charge is 2.28. The van der Waals surface area contributed by atoms with Crippen LogP contribution in [0.15, 0.2) is 11.6 Å². The fourth-order valence-corrected chi connectivity index (χ4v) is 2.61. The summed E-state index contributed by atoms with van der Waals surface area (Å²) in [5.41, 5.74) is 1.61. The minimum Gasteiger partial charge on any atom is -0.392 e. The second-order valence-electron chi connectivity index (χ2n) is 6.15. The van der Waals surface area contributed by atoms with Gasteiger partial charge in [-0.25, -0.2) is 0 Å². The highest BCUT2D eigenvalue weighted by atomic mass is 16.3. The van der Waals surface area contributed by atoms with Gasteiger partial charge in [0, 0.05) is 0 Å². The smallest absolute Gasteiger partial charge is 0.0639 e. The third kappa shape index (κ3) is 3.98. The minimum atomic E-state index is 0.221. The first-order valence-electron chi connectivity index (χ1n) is 6.21. The highest BCUT2D eigenvalue weighted by molar-refractivity contribution is 5.02. The van der Waals surface area contributed by atoms with Crippen molar-refractivity contribution in [3.8, 4) is 0 Å². The van der Waals surface area contributed by atoms with Gasteiger partial charge >= 0.3 is 0 Å². The Kier molecular flexibility index (Phi) is 4.39. The third-order valence-electron chi connectivity index (χ3n) is 3.77. The fraction of sp³-hybridized carbons (Fsp3) is 0.857. The Bertz CT molecular complexity index is 214. The number of aliphatic hydroxyl groups excluding tert-OH is 1. The normalized spacial score (nSPS) is 29.3. The van der Waals surface area contributed by atoms with Crippen molar-refractivity contribution in [3.63, 3.8) is 0 Å². The molecule has 0 heterocycles. The van der Waals surface area contributed by atoms with E-state index in [0.29, 0.717) is 5.41 Å². The summed E-state index contributed by atoms with van der Waals surface area (Å²) in [5, 5.41) is 8.98. The summed E-state index contributed by atoms with van der Waals surface area (Å²) < 4.78 is 0. The van der Waals surface area contributed by atoms with Crippen LogP contribution in [0.1, 0.15) is 53.4 Å². The molecule has 1 fully saturated rings. The largest absolute Gasteiger partial charge is 0.392 e. The molecule has 0 radical (unpaired) electrons. The first-order chi connectivity index (χ1) is 6.93. The maximum absolute atomic E-state index is 8.98. The van der Waals surface area contributed by atoms with Crippen molar-refractivity contribution in [2.24, 2.45) is 17.3 Å². The molecule has 0 spiro atoms. The summed E-state index contributed by atoms with van der Waals surface area (Å²) >= 11 is 0. The second kappa shape index (κ2) is 5.16. The molecule has 0 aliphatic heterocycles. The SMILES string of the molecule is C/C(=C\C1CCC(C(C)(C)C)CC1)CO. The third-order valence-corrected chi connectivity index (χ3v) is 3.77. The lowest BCUT2D eigenvalue weighted by atomic mass is 9.69. The summed E-state index contributed by atoms with van der Waals surface area (Å²) in [5.74, 6) is 1.60. The Labute approximate surface area is 94.6 Å². The molecule has 15 heavy (non-hydrogen) atoms. The molecule has 0 aromatic rings. The molecule has 0 saturated heterocycles. The Morgan fingerprint density at radius 2 is 1.73 bits per heavy atom. The number of hydrogen-bond donors (Lipinski definition) is 1. The quantitative estimate of drug-likeness (QED) is 0.688. The Balaban J connectivity index is 2.43. The van der Waals surface area contributed by atoms with E-state index < -0.39 is 0 Å². The molecule has 1 aliphatic carbocycles. The van der Waals surface area contributed by atoms with E-state index in [2.05, 4.69) is 26.8 Å². The molecule has 1 nitrogen and oxygen atoms in total. The topological polar surface area (TPSA) is 20.2 Å². The van der Waals surface area contributed by atoms with E-state index in [-0.39, 0.29) is 6.61 Å². The van der Waals surface area contributed by atoms with Gasteiger partial charge in [-0.1, -0.05) is 32.4 Å². The number of aliphatic hydroxyl groups is 1. The molecule has 0 unspecified atom stereocenters. The van der Waals surface area contributed by atoms with Crippen LogP contribution in [0.2, 0.25) is 0 Å². The van der Waals surface area contributed by atoms with Gasteiger partial charge in [0.2, 0.25) is 0 Å². The van der Waals surface area contributed by atoms with E-state index >= 15 is 0 Å². The van der Waals surface area contributed by atoms with Gasteiger partial charge in [-0.15, -0.1) is 0 Å². The summed E-state index contributed by atoms with van der Waals surface area (Å²) in [6.45, 7) is 9.31. The van der Waals surface area contributed by atoms with Crippen LogP contribution < -0.4 is 0 Å². The zero-order chi connectivity index (χ0) is 11.5. The van der Waals surface area contributed by atoms with E-state index in [1.54, 1.807) is 0 Å². The molecule has 0 bridgehead atoms. The van der Waals surface area contributed by atoms with Crippen molar-refractivity contribution in [2.45, 2.75) is 53.4 Å². The van der Waals surface area contributed by atoms with Crippen LogP contribution in [0.3, 0.4) is 0 Å². The maximum atomic E-state index is 8.98. The average molecular weight is 210 g/mol. The van der Waals surface area contributed by atoms with E-state index in [4.69, 9.17) is 5.11 Å². The summed E-state index contributed by atoms with van der Waals surface area (Å²) in [6.07, 6.45) is 7.59. The zero-order valence-electron chi connectivity index (χ0n) is 10.7. The molecular formula is C14H26O. The highest BCUT2D eigenvalue weighted by Crippen LogP contribution is 2.40. The van der Waals surface area contributed by atoms with Crippen LogP contribution >= 0.6 is 0 Å². The Hall–Kier alpha value is -0.300. The van der Waals surface area contributed by atoms with Gasteiger partial charge in [-0.2, -0.15) is 0 Å². The number of allylic oxidation sites excluding steroid dienone is 1. The van der Waals surface area contributed by atoms with Gasteiger partial charge in [0.1, 0.15) is 0 Å². The predicted molar refractivity (Wildman–Crippen MR) is 65.7 cm³/mol. The van der Waals surface area contributed by atoms with Crippen molar-refractivity contribution in [1.82, 2.24) is 0 Å². The lowest BCUT2D eigenvalue weighted by Crippen LogP contribution is -2.25. The van der Waals surface area contributed by atoms with E-state index in [1.807, 2.05) is 6.92 Å². The van der Waals surface area contributed by atoms with Crippen LogP contribution in [0.5, 0.6) is 0 Å². The first-order valence-corrected chi connectivity index (χ1v) is 6.21. The van der Waals surface area contributed by atoms with Gasteiger partial charge in [-0.05, 0) is 49.9 Å². The zero-order valence-corrected chi connectivity index (χ0v) is 10.7. The van der Waals surface area contributed by atoms with Gasteiger partial charge < -0.3 is 5.11 Å². The van der Waals surface area contributed by atoms with Gasteiger partial charge in [0.05, 0.1) is 6.61 Å². The predicted octanol–water partition coefficient (Wildman–Crippen LogP) is 3.78. The van der Waals surface area contributed by atoms with Crippen LogP contribution in [0.4, 0.5) is 0 Å². The molecule has 0 atom stereocenters. The number of hydrogen-bond acceptors (Lipinski definition) is 1. The molecule has 88 valence electrons. The van der Waals surface area contributed by atoms with Gasteiger partial charge in [-0.3, -0.25) is 0 Å². The standard InChI is InChI=1S/C14H26O/c1-11(10-15)9-12-5-7-13(8-6-12)14(2,3)4/h9,12-13,15H,5-8,10H2,1-4H3/b11-9+. The van der Waals surface area contributed by atoms with E-state index in [1.165, 1.54) is 25.7 Å². The molecule has 0 aromatic carbocycles. The molecule has 1 N–H and O–H groups in total. The lowest BCUT2D eigenvalue weighted by molar-refractivity contribution is 0.162. The van der Waals surface area contributed by atoms with Crippen LogP contribution in [-0.4, -0.2) is 11.7 Å². The summed E-state index contributed by atoms with van der Waals surface area (Å²) in [4.78, 5) is 0. The van der Waals surface area contributed by atoms with Crippen molar-refractivity contribution in [2.75, 3.05) is 6.61 Å². The van der Waals surface area contributed by atoms with Crippen molar-refractivity contribution >= 4 is 0 Å². The molecule has 1 aliphatic rings. The number of rotatable bonds is 2. The van der Waals surface area contributed by atoms with Crippen molar-refractivity contribution in [1.29, 1.82) is 0 Å².